The van der Waals surface area contributed by atoms with Crippen LogP contribution < -0.4 is 26.4 Å². The molecule has 0 radical (unpaired) electrons. The zero-order chi connectivity index (χ0) is 53.3. The van der Waals surface area contributed by atoms with E-state index in [9.17, 15) is 38.7 Å². The number of amides is 4. The van der Waals surface area contributed by atoms with Gasteiger partial charge in [-0.25, -0.2) is 4.79 Å². The molecule has 0 aromatic heterocycles. The number of carboxylic acid groups (broad SMARTS) is 3. The number of ether oxygens (including phenoxy) is 4. The molecule has 0 saturated carbocycles. The van der Waals surface area contributed by atoms with Crippen LogP contribution >= 0.6 is 42.7 Å². The Morgan fingerprint density at radius 2 is 0.829 bits per heavy atom. The summed E-state index contributed by atoms with van der Waals surface area (Å²) in [5.74, 6) is -4.12. The van der Waals surface area contributed by atoms with E-state index in [0.717, 1.165) is 44.9 Å². The van der Waals surface area contributed by atoms with Crippen LogP contribution in [-0.4, -0.2) is 166 Å². The molecule has 414 valence electrons. The van der Waals surface area contributed by atoms with Gasteiger partial charge in [-0.2, -0.15) is 11.8 Å². The fourth-order valence-corrected chi connectivity index (χ4v) is 6.26. The van der Waals surface area contributed by atoms with E-state index in [4.69, 9.17) is 29.2 Å². The van der Waals surface area contributed by atoms with E-state index in [1.807, 2.05) is 26.4 Å². The van der Waals surface area contributed by atoms with Crippen molar-refractivity contribution in [3.8, 4) is 0 Å². The molecule has 70 heavy (non-hydrogen) atoms. The fourth-order valence-electron chi connectivity index (χ4n) is 5.95. The standard InChI is InChI=1S/C41H76N5O14P.C2H6S2.C2H6S.C2H6/c47-35(21-20-33(40(53)54)45-36(48)18-13-11-9-7-5-3-1-2-4-6-8-10-12-14-19-39(51)52)43-23-25-57-27-30-60-32-38(50)44-24-26-58-28-29-59-31-37(49)42-22-16-15-17-34(46-61)41(55)56;1-3-4-2;1-3-2;1-2/h33-34,46H,1-32,61H2,(H,42,49)(H,43,47)(H,44,50)(H,45,48)(H,51,52)(H,53,54)(H,55,56);1-2H3;1-2H3;1-2H3. The minimum atomic E-state index is -1.19. The highest BCUT2D eigenvalue weighted by Crippen LogP contribution is 2.14. The van der Waals surface area contributed by atoms with Gasteiger partial charge in [0.15, 0.2) is 0 Å². The first-order valence-electron chi connectivity index (χ1n) is 24.8. The maximum Gasteiger partial charge on any atom is 0.326 e. The molecule has 0 aliphatic rings. The Hall–Kier alpha value is -2.43. The van der Waals surface area contributed by atoms with Crippen molar-refractivity contribution in [3.63, 3.8) is 0 Å². The summed E-state index contributed by atoms with van der Waals surface area (Å²) in [7, 11) is 5.74. The molecule has 0 fully saturated rings. The van der Waals surface area contributed by atoms with Crippen LogP contribution in [0.25, 0.3) is 0 Å². The summed E-state index contributed by atoms with van der Waals surface area (Å²) in [6.07, 6.45) is 25.4. The highest BCUT2D eigenvalue weighted by molar-refractivity contribution is 8.76. The average Bonchev–Trinajstić information content (AvgIpc) is 3.33. The Kier molecular flexibility index (Phi) is 64.4. The van der Waals surface area contributed by atoms with Crippen LogP contribution in [0.5, 0.6) is 0 Å². The van der Waals surface area contributed by atoms with Gasteiger partial charge in [-0.1, -0.05) is 122 Å². The quantitative estimate of drug-likeness (QED) is 0.0179. The Morgan fingerprint density at radius 3 is 1.23 bits per heavy atom. The highest BCUT2D eigenvalue weighted by atomic mass is 33.1. The lowest BCUT2D eigenvalue weighted by Gasteiger charge is -2.14. The maximum absolute atomic E-state index is 12.3. The summed E-state index contributed by atoms with van der Waals surface area (Å²) < 4.78 is 21.3. The molecule has 0 aliphatic carbocycles. The number of carbonyl (C=O) groups excluding carboxylic acids is 4. The number of carboxylic acids is 3. The lowest BCUT2D eigenvalue weighted by atomic mass is 10.0. The number of unbranched alkanes of at least 4 members (excludes halogenated alkanes) is 14. The molecule has 0 aromatic rings. The average molecular weight is 1080 g/mol. The van der Waals surface area contributed by atoms with Crippen molar-refractivity contribution in [2.24, 2.45) is 0 Å². The van der Waals surface area contributed by atoms with Crippen molar-refractivity contribution in [2.45, 2.75) is 161 Å². The SMILES string of the molecule is CC.CSC.CSSC.O=C(O)CCCCCCCCCCCCCCCCC(=O)NC(CCC(=O)NCCOCCOCC(=O)NCCOCCOCC(=O)NCCCCC(NP)C(=O)O)C(=O)O. The van der Waals surface area contributed by atoms with Crippen molar-refractivity contribution in [2.75, 3.05) is 97.5 Å². The number of rotatable bonds is 46. The van der Waals surface area contributed by atoms with Gasteiger partial charge in [-0.3, -0.25) is 33.9 Å². The molecule has 19 nitrogen and oxygen atoms in total. The monoisotopic (exact) mass is 1080 g/mol. The lowest BCUT2D eigenvalue weighted by molar-refractivity contribution is -0.142. The van der Waals surface area contributed by atoms with Crippen LogP contribution in [0, 0.1) is 0 Å². The lowest BCUT2D eigenvalue weighted by Crippen LogP contribution is -2.41. The van der Waals surface area contributed by atoms with Crippen LogP contribution in [0.1, 0.15) is 149 Å². The van der Waals surface area contributed by atoms with Crippen LogP contribution in [-0.2, 0) is 52.5 Å². The van der Waals surface area contributed by atoms with E-state index < -0.39 is 30.0 Å². The number of aliphatic carboxylic acids is 3. The number of carbonyl (C=O) groups is 7. The topological polar surface area (TPSA) is 277 Å². The molecular formula is C47H94N5O14PS3. The van der Waals surface area contributed by atoms with Gasteiger partial charge in [-0.05, 0) is 63.5 Å². The molecule has 0 spiro atoms. The summed E-state index contributed by atoms with van der Waals surface area (Å²) >= 11 is 1.75. The Morgan fingerprint density at radius 1 is 0.443 bits per heavy atom. The zero-order valence-electron chi connectivity index (χ0n) is 43.4. The maximum atomic E-state index is 12.3. The Balaban J connectivity index is -0.00000223. The van der Waals surface area contributed by atoms with Crippen LogP contribution in [0.2, 0.25) is 0 Å². The second-order valence-corrected chi connectivity index (χ2v) is 19.3. The molecule has 0 saturated heterocycles. The minimum absolute atomic E-state index is 0.0309. The van der Waals surface area contributed by atoms with Crippen LogP contribution in [0.4, 0.5) is 0 Å². The smallest absolute Gasteiger partial charge is 0.326 e. The molecule has 23 heteroatoms. The van der Waals surface area contributed by atoms with Gasteiger partial charge in [0, 0.05) is 38.9 Å². The molecule has 0 heterocycles. The van der Waals surface area contributed by atoms with Crippen molar-refractivity contribution < 1.29 is 67.8 Å². The van der Waals surface area contributed by atoms with Crippen molar-refractivity contribution in [3.05, 3.63) is 0 Å². The first kappa shape index (κ1) is 74.1. The first-order chi connectivity index (χ1) is 33.8. The zero-order valence-corrected chi connectivity index (χ0v) is 47.0. The van der Waals surface area contributed by atoms with Crippen molar-refractivity contribution >= 4 is 84.3 Å². The molecule has 3 atom stereocenters. The van der Waals surface area contributed by atoms with E-state index >= 15 is 0 Å². The van der Waals surface area contributed by atoms with E-state index in [0.29, 0.717) is 32.2 Å². The second-order valence-electron chi connectivity index (χ2n) is 15.5. The van der Waals surface area contributed by atoms with Crippen LogP contribution in [0.3, 0.4) is 0 Å². The van der Waals surface area contributed by atoms with Gasteiger partial charge >= 0.3 is 17.9 Å². The van der Waals surface area contributed by atoms with E-state index in [1.165, 1.54) is 38.5 Å². The van der Waals surface area contributed by atoms with Gasteiger partial charge in [0.2, 0.25) is 23.6 Å². The molecule has 0 rings (SSSR count). The van der Waals surface area contributed by atoms with Gasteiger partial charge in [-0.15, -0.1) is 0 Å². The molecule has 4 amide bonds. The molecular weight excluding hydrogens is 986 g/mol. The van der Waals surface area contributed by atoms with Gasteiger partial charge in [0.05, 0.1) is 39.6 Å². The summed E-state index contributed by atoms with van der Waals surface area (Å²) in [5, 5.41) is 40.3. The van der Waals surface area contributed by atoms with E-state index in [2.05, 4.69) is 48.3 Å². The number of thioether (sulfide) groups is 1. The van der Waals surface area contributed by atoms with Gasteiger partial charge < -0.3 is 55.5 Å². The number of hydrogen-bond acceptors (Lipinski definition) is 15. The third-order valence-corrected chi connectivity index (χ3v) is 11.3. The van der Waals surface area contributed by atoms with E-state index in [1.54, 1.807) is 33.3 Å². The summed E-state index contributed by atoms with van der Waals surface area (Å²) in [6.45, 7) is 5.84. The molecule has 0 aromatic carbocycles. The highest BCUT2D eigenvalue weighted by Gasteiger charge is 2.21. The Labute approximate surface area is 434 Å². The summed E-state index contributed by atoms with van der Waals surface area (Å²) in [4.78, 5) is 81.3. The minimum Gasteiger partial charge on any atom is -0.481 e. The Bertz CT molecular complexity index is 1270. The third kappa shape index (κ3) is 61.7. The largest absolute Gasteiger partial charge is 0.481 e. The van der Waals surface area contributed by atoms with Crippen molar-refractivity contribution in [1.82, 2.24) is 26.4 Å². The number of hydrogen-bond donors (Lipinski definition) is 8. The van der Waals surface area contributed by atoms with Crippen molar-refractivity contribution in [1.29, 1.82) is 0 Å². The number of nitrogens with one attached hydrogen (secondary N) is 5. The summed E-state index contributed by atoms with van der Waals surface area (Å²) in [6, 6.07) is -1.78. The fraction of sp³-hybridized carbons (Fsp3) is 0.851. The molecule has 3 unspecified atom stereocenters. The van der Waals surface area contributed by atoms with Gasteiger partial charge in [0.1, 0.15) is 25.3 Å². The third-order valence-electron chi connectivity index (χ3n) is 9.59. The van der Waals surface area contributed by atoms with E-state index in [-0.39, 0.29) is 115 Å². The molecule has 0 bridgehead atoms. The predicted molar refractivity (Wildman–Crippen MR) is 289 cm³/mol. The normalized spacial score (nSPS) is 11.2. The second kappa shape index (κ2) is 60.9. The molecule has 8 N–H and O–H groups in total. The summed E-state index contributed by atoms with van der Waals surface area (Å²) in [5.41, 5.74) is 0. The van der Waals surface area contributed by atoms with Crippen LogP contribution in [0.15, 0.2) is 0 Å². The predicted octanol–water partition coefficient (Wildman–Crippen LogP) is 6.71. The molecule has 0 aliphatic heterocycles. The first-order valence-corrected chi connectivity index (χ1v) is 30.0. The van der Waals surface area contributed by atoms with Gasteiger partial charge in [0.25, 0.3) is 0 Å².